The molecule has 1 fully saturated rings. The van der Waals surface area contributed by atoms with Crippen molar-refractivity contribution in [3.8, 4) is 11.5 Å². The minimum atomic E-state index is 0.0186. The van der Waals surface area contributed by atoms with Crippen LogP contribution in [-0.2, 0) is 11.3 Å². The van der Waals surface area contributed by atoms with Crippen molar-refractivity contribution in [3.63, 3.8) is 0 Å². The minimum Gasteiger partial charge on any atom is -0.454 e. The molecule has 2 aromatic rings. The van der Waals surface area contributed by atoms with E-state index >= 15 is 0 Å². The molecule has 0 bridgehead atoms. The fourth-order valence-electron chi connectivity index (χ4n) is 3.52. The van der Waals surface area contributed by atoms with E-state index in [1.54, 1.807) is 12.1 Å². The van der Waals surface area contributed by atoms with Crippen molar-refractivity contribution >= 4 is 23.2 Å². The van der Waals surface area contributed by atoms with Gasteiger partial charge in [-0.05, 0) is 35.9 Å². The van der Waals surface area contributed by atoms with Crippen molar-refractivity contribution in [3.05, 3.63) is 53.1 Å². The van der Waals surface area contributed by atoms with Crippen molar-refractivity contribution in [2.24, 2.45) is 0 Å². The molecular formula is C21H24ClN3O3. The van der Waals surface area contributed by atoms with Crippen LogP contribution in [0.4, 0.5) is 5.69 Å². The summed E-state index contributed by atoms with van der Waals surface area (Å²) in [7, 11) is 0. The average molecular weight is 402 g/mol. The quantitative estimate of drug-likeness (QED) is 0.805. The van der Waals surface area contributed by atoms with E-state index in [1.807, 2.05) is 18.2 Å². The molecular weight excluding hydrogens is 378 g/mol. The maximum atomic E-state index is 12.2. The number of anilines is 1. The van der Waals surface area contributed by atoms with Crippen LogP contribution in [0.25, 0.3) is 0 Å². The first-order valence-corrected chi connectivity index (χ1v) is 9.92. The zero-order valence-corrected chi connectivity index (χ0v) is 16.5. The van der Waals surface area contributed by atoms with E-state index in [2.05, 4.69) is 27.2 Å². The van der Waals surface area contributed by atoms with Crippen molar-refractivity contribution in [1.29, 1.82) is 0 Å². The van der Waals surface area contributed by atoms with Gasteiger partial charge in [0.05, 0.1) is 0 Å². The lowest BCUT2D eigenvalue weighted by molar-refractivity contribution is -0.116. The summed E-state index contributed by atoms with van der Waals surface area (Å²) in [6.45, 7) is 5.89. The summed E-state index contributed by atoms with van der Waals surface area (Å²) in [5, 5.41) is 3.52. The number of rotatable bonds is 6. The van der Waals surface area contributed by atoms with Crippen LogP contribution < -0.4 is 14.8 Å². The highest BCUT2D eigenvalue weighted by molar-refractivity contribution is 6.30. The van der Waals surface area contributed by atoms with Gasteiger partial charge in [-0.3, -0.25) is 9.69 Å². The van der Waals surface area contributed by atoms with Gasteiger partial charge in [0, 0.05) is 56.4 Å². The van der Waals surface area contributed by atoms with Gasteiger partial charge in [-0.1, -0.05) is 23.7 Å². The molecule has 4 rings (SSSR count). The van der Waals surface area contributed by atoms with Gasteiger partial charge >= 0.3 is 0 Å². The van der Waals surface area contributed by atoms with Gasteiger partial charge < -0.3 is 19.7 Å². The number of halogens is 1. The Morgan fingerprint density at radius 3 is 2.61 bits per heavy atom. The van der Waals surface area contributed by atoms with E-state index in [4.69, 9.17) is 21.1 Å². The number of hydrogen-bond acceptors (Lipinski definition) is 5. The Balaban J connectivity index is 1.18. The van der Waals surface area contributed by atoms with Crippen molar-refractivity contribution in [2.75, 3.05) is 44.8 Å². The van der Waals surface area contributed by atoms with E-state index in [9.17, 15) is 4.79 Å². The van der Waals surface area contributed by atoms with E-state index in [0.717, 1.165) is 56.5 Å². The van der Waals surface area contributed by atoms with Crippen molar-refractivity contribution in [1.82, 2.24) is 9.80 Å². The molecule has 7 heteroatoms. The molecule has 0 aromatic heterocycles. The second kappa shape index (κ2) is 8.82. The van der Waals surface area contributed by atoms with E-state index in [0.29, 0.717) is 18.2 Å². The molecule has 1 amide bonds. The summed E-state index contributed by atoms with van der Waals surface area (Å²) >= 11 is 5.95. The number of benzene rings is 2. The first kappa shape index (κ1) is 19.1. The number of nitrogens with one attached hydrogen (secondary N) is 1. The highest BCUT2D eigenvalue weighted by Crippen LogP contribution is 2.32. The number of nitrogens with zero attached hydrogens (tertiary/aromatic N) is 2. The molecule has 6 nitrogen and oxygen atoms in total. The van der Waals surface area contributed by atoms with E-state index in [-0.39, 0.29) is 5.91 Å². The number of amides is 1. The van der Waals surface area contributed by atoms with Gasteiger partial charge in [0.15, 0.2) is 11.5 Å². The number of fused-ring (bicyclic) bond motifs is 1. The van der Waals surface area contributed by atoms with Crippen LogP contribution >= 0.6 is 11.6 Å². The summed E-state index contributed by atoms with van der Waals surface area (Å²) < 4.78 is 10.8. The van der Waals surface area contributed by atoms with Crippen LogP contribution in [0.5, 0.6) is 11.5 Å². The molecule has 1 saturated heterocycles. The predicted octanol–water partition coefficient (Wildman–Crippen LogP) is 3.22. The summed E-state index contributed by atoms with van der Waals surface area (Å²) in [5.74, 6) is 1.68. The zero-order chi connectivity index (χ0) is 19.3. The average Bonchev–Trinajstić information content (AvgIpc) is 3.15. The Hall–Kier alpha value is -2.28. The largest absolute Gasteiger partial charge is 0.454 e. The van der Waals surface area contributed by atoms with Crippen LogP contribution in [0.2, 0.25) is 5.02 Å². The lowest BCUT2D eigenvalue weighted by atomic mass is 10.1. The predicted molar refractivity (Wildman–Crippen MR) is 109 cm³/mol. The van der Waals surface area contributed by atoms with E-state index < -0.39 is 0 Å². The molecule has 0 atom stereocenters. The van der Waals surface area contributed by atoms with Crippen LogP contribution in [0.1, 0.15) is 12.0 Å². The van der Waals surface area contributed by atoms with Crippen LogP contribution in [0.15, 0.2) is 42.5 Å². The SMILES string of the molecule is O=C(CCN1CCN(Cc2ccc3c(c2)OCO3)CC1)Nc1cccc(Cl)c1. The maximum Gasteiger partial charge on any atom is 0.231 e. The third-order valence-electron chi connectivity index (χ3n) is 5.07. The van der Waals surface area contributed by atoms with Gasteiger partial charge in [0.2, 0.25) is 12.7 Å². The zero-order valence-electron chi connectivity index (χ0n) is 15.7. The molecule has 0 unspecified atom stereocenters. The summed E-state index contributed by atoms with van der Waals surface area (Å²) in [5.41, 5.74) is 1.98. The smallest absolute Gasteiger partial charge is 0.231 e. The molecule has 0 aliphatic carbocycles. The number of carbonyl (C=O) groups is 1. The standard InChI is InChI=1S/C21H24ClN3O3/c22-17-2-1-3-18(13-17)23-21(26)6-7-24-8-10-25(11-9-24)14-16-4-5-19-20(12-16)28-15-27-19/h1-5,12-13H,6-11,14-15H2,(H,23,26). The minimum absolute atomic E-state index is 0.0186. The molecule has 2 aliphatic heterocycles. The Bertz CT molecular complexity index is 837. The number of hydrogen-bond donors (Lipinski definition) is 1. The summed E-state index contributed by atoms with van der Waals surface area (Å²) in [6, 6.07) is 13.4. The van der Waals surface area contributed by atoms with Gasteiger partial charge in [-0.25, -0.2) is 0 Å². The Morgan fingerprint density at radius 1 is 1.00 bits per heavy atom. The van der Waals surface area contributed by atoms with Gasteiger partial charge in [-0.15, -0.1) is 0 Å². The molecule has 0 saturated carbocycles. The number of piperazine rings is 1. The number of ether oxygens (including phenoxy) is 2. The molecule has 2 aromatic carbocycles. The first-order chi connectivity index (χ1) is 13.7. The highest BCUT2D eigenvalue weighted by atomic mass is 35.5. The molecule has 2 heterocycles. The molecule has 0 radical (unpaired) electrons. The van der Waals surface area contributed by atoms with Crippen LogP contribution in [0, 0.1) is 0 Å². The normalized spacial score (nSPS) is 16.9. The Morgan fingerprint density at radius 2 is 1.79 bits per heavy atom. The van der Waals surface area contributed by atoms with Gasteiger partial charge in [0.25, 0.3) is 0 Å². The summed E-state index contributed by atoms with van der Waals surface area (Å²) in [6.07, 6.45) is 0.481. The van der Waals surface area contributed by atoms with Gasteiger partial charge in [-0.2, -0.15) is 0 Å². The van der Waals surface area contributed by atoms with Gasteiger partial charge in [0.1, 0.15) is 0 Å². The lowest BCUT2D eigenvalue weighted by Crippen LogP contribution is -2.46. The van der Waals surface area contributed by atoms with Crippen LogP contribution in [0.3, 0.4) is 0 Å². The van der Waals surface area contributed by atoms with Crippen molar-refractivity contribution < 1.29 is 14.3 Å². The second-order valence-electron chi connectivity index (χ2n) is 7.11. The maximum absolute atomic E-state index is 12.2. The molecule has 2 aliphatic rings. The molecule has 148 valence electrons. The van der Waals surface area contributed by atoms with E-state index in [1.165, 1.54) is 5.56 Å². The first-order valence-electron chi connectivity index (χ1n) is 9.54. The van der Waals surface area contributed by atoms with Crippen LogP contribution in [-0.4, -0.2) is 55.2 Å². The Labute approximate surface area is 170 Å². The monoisotopic (exact) mass is 401 g/mol. The topological polar surface area (TPSA) is 54.0 Å². The molecule has 1 N–H and O–H groups in total. The Kier molecular flexibility index (Phi) is 6.00. The fraction of sp³-hybridized carbons (Fsp3) is 0.381. The summed E-state index contributed by atoms with van der Waals surface area (Å²) in [4.78, 5) is 16.9. The third kappa shape index (κ3) is 4.95. The molecule has 0 spiro atoms. The van der Waals surface area contributed by atoms with Crippen molar-refractivity contribution in [2.45, 2.75) is 13.0 Å². The highest BCUT2D eigenvalue weighted by Gasteiger charge is 2.19. The number of carbonyl (C=O) groups excluding carboxylic acids is 1. The second-order valence-corrected chi connectivity index (χ2v) is 7.55. The third-order valence-corrected chi connectivity index (χ3v) is 5.31. The lowest BCUT2D eigenvalue weighted by Gasteiger charge is -2.34. The molecule has 28 heavy (non-hydrogen) atoms. The fourth-order valence-corrected chi connectivity index (χ4v) is 3.71.